The molecule has 1 aliphatic heterocycles. The Morgan fingerprint density at radius 1 is 1.30 bits per heavy atom. The second kappa shape index (κ2) is 7.45. The number of benzene rings is 1. The summed E-state index contributed by atoms with van der Waals surface area (Å²) < 4.78 is 25.1. The van der Waals surface area contributed by atoms with E-state index in [9.17, 15) is 14.0 Å². The average molecular weight is 387 g/mol. The zero-order valence-corrected chi connectivity index (χ0v) is 14.2. The largest absolute Gasteiger partial charge is 0.442 e. The van der Waals surface area contributed by atoms with Gasteiger partial charge in [0.1, 0.15) is 18.2 Å². The van der Waals surface area contributed by atoms with Gasteiger partial charge in [-0.3, -0.25) is 9.69 Å². The van der Waals surface area contributed by atoms with Gasteiger partial charge >= 0.3 is 6.09 Å². The van der Waals surface area contributed by atoms with Crippen molar-refractivity contribution >= 4 is 27.7 Å². The second-order valence-electron chi connectivity index (χ2n) is 4.52. The lowest BCUT2D eigenvalue weighted by Crippen LogP contribution is -2.28. The standard InChI is InChI=1S/C13H10BrFN2O4.C2H6/c14-10-2-1-8(5-11(10)15)16-6-9(21-13(16)19)7-17-12(18)3-4-20-17;1-2/h1-5,9H,6-7H2;1-2H3. The van der Waals surface area contributed by atoms with E-state index in [0.717, 1.165) is 4.74 Å². The third kappa shape index (κ3) is 3.82. The molecule has 1 saturated heterocycles. The summed E-state index contributed by atoms with van der Waals surface area (Å²) in [6, 6.07) is 5.64. The summed E-state index contributed by atoms with van der Waals surface area (Å²) in [5.41, 5.74) is 0.0918. The number of aromatic nitrogens is 1. The van der Waals surface area contributed by atoms with Gasteiger partial charge in [-0.25, -0.2) is 9.18 Å². The summed E-state index contributed by atoms with van der Waals surface area (Å²) in [4.78, 5) is 24.5. The number of carbonyl (C=O) groups is 1. The van der Waals surface area contributed by atoms with Crippen molar-refractivity contribution in [3.05, 3.63) is 51.2 Å². The number of carbonyl (C=O) groups excluding carboxylic acids is 1. The van der Waals surface area contributed by atoms with E-state index in [1.54, 1.807) is 6.07 Å². The van der Waals surface area contributed by atoms with Crippen molar-refractivity contribution in [1.29, 1.82) is 0 Å². The van der Waals surface area contributed by atoms with Crippen LogP contribution in [0, 0.1) is 5.82 Å². The molecule has 0 N–H and O–H groups in total. The molecule has 8 heteroatoms. The SMILES string of the molecule is CC.O=C1OC(Cn2occc2=O)CN1c1ccc(Br)c(F)c1. The number of rotatable bonds is 3. The minimum atomic E-state index is -0.582. The van der Waals surface area contributed by atoms with Gasteiger partial charge in [-0.1, -0.05) is 13.8 Å². The quantitative estimate of drug-likeness (QED) is 0.810. The first-order valence-corrected chi connectivity index (χ1v) is 7.92. The molecule has 0 radical (unpaired) electrons. The predicted octanol–water partition coefficient (Wildman–Crippen LogP) is 3.39. The molecule has 2 aromatic rings. The predicted molar refractivity (Wildman–Crippen MR) is 86.0 cm³/mol. The molecule has 6 nitrogen and oxygen atoms in total. The molecule has 1 fully saturated rings. The molecule has 0 aliphatic carbocycles. The number of anilines is 1. The van der Waals surface area contributed by atoms with Crippen LogP contribution < -0.4 is 10.5 Å². The van der Waals surface area contributed by atoms with Crippen molar-refractivity contribution in [3.63, 3.8) is 0 Å². The topological polar surface area (TPSA) is 64.7 Å². The number of amides is 1. The summed E-state index contributed by atoms with van der Waals surface area (Å²) in [6.07, 6.45) is 0.149. The molecule has 1 amide bonds. The van der Waals surface area contributed by atoms with E-state index in [0.29, 0.717) is 10.2 Å². The van der Waals surface area contributed by atoms with E-state index in [4.69, 9.17) is 9.26 Å². The Bertz CT molecular complexity index is 743. The molecule has 0 saturated carbocycles. The number of hydrogen-bond acceptors (Lipinski definition) is 4. The van der Waals surface area contributed by atoms with Crippen molar-refractivity contribution in [1.82, 2.24) is 4.74 Å². The van der Waals surface area contributed by atoms with Crippen LogP contribution in [0.2, 0.25) is 0 Å². The maximum Gasteiger partial charge on any atom is 0.414 e. The minimum Gasteiger partial charge on any atom is -0.442 e. The highest BCUT2D eigenvalue weighted by molar-refractivity contribution is 9.10. The Labute approximate surface area is 140 Å². The van der Waals surface area contributed by atoms with Gasteiger partial charge in [-0.15, -0.1) is 0 Å². The van der Waals surface area contributed by atoms with Gasteiger partial charge in [0.25, 0.3) is 5.56 Å². The van der Waals surface area contributed by atoms with Gasteiger partial charge < -0.3 is 9.26 Å². The minimum absolute atomic E-state index is 0.118. The molecular formula is C15H16BrFN2O4. The van der Waals surface area contributed by atoms with Crippen LogP contribution in [-0.4, -0.2) is 23.5 Å². The Balaban J connectivity index is 0.000000924. The first-order valence-electron chi connectivity index (χ1n) is 7.12. The van der Waals surface area contributed by atoms with Crippen LogP contribution in [0.25, 0.3) is 0 Å². The Hall–Kier alpha value is -2.09. The first kappa shape index (κ1) is 17.3. The number of nitrogens with zero attached hydrogens (tertiary/aromatic N) is 2. The van der Waals surface area contributed by atoms with Gasteiger partial charge in [-0.2, -0.15) is 4.74 Å². The monoisotopic (exact) mass is 386 g/mol. The Kier molecular flexibility index (Phi) is 5.59. The number of halogens is 2. The molecular weight excluding hydrogens is 371 g/mol. The van der Waals surface area contributed by atoms with E-state index in [1.807, 2.05) is 13.8 Å². The lowest BCUT2D eigenvalue weighted by Gasteiger charge is -2.13. The molecule has 0 bridgehead atoms. The molecule has 23 heavy (non-hydrogen) atoms. The summed E-state index contributed by atoms with van der Waals surface area (Å²) in [7, 11) is 0. The van der Waals surface area contributed by atoms with E-state index in [2.05, 4.69) is 15.9 Å². The molecule has 2 heterocycles. The van der Waals surface area contributed by atoms with Crippen LogP contribution >= 0.6 is 15.9 Å². The van der Waals surface area contributed by atoms with Gasteiger partial charge in [-0.05, 0) is 34.1 Å². The molecule has 1 aliphatic rings. The molecule has 1 atom stereocenters. The number of cyclic esters (lactones) is 1. The van der Waals surface area contributed by atoms with Gasteiger partial charge in [0.2, 0.25) is 0 Å². The van der Waals surface area contributed by atoms with E-state index >= 15 is 0 Å². The molecule has 0 spiro atoms. The molecule has 3 rings (SSSR count). The van der Waals surface area contributed by atoms with Crippen LogP contribution in [0.4, 0.5) is 14.9 Å². The fourth-order valence-corrected chi connectivity index (χ4v) is 2.34. The van der Waals surface area contributed by atoms with Crippen LogP contribution in [0.3, 0.4) is 0 Å². The molecule has 1 unspecified atom stereocenters. The van der Waals surface area contributed by atoms with Crippen molar-refractivity contribution < 1.29 is 18.4 Å². The highest BCUT2D eigenvalue weighted by atomic mass is 79.9. The zero-order chi connectivity index (χ0) is 17.0. The first-order chi connectivity index (χ1) is 11.0. The van der Waals surface area contributed by atoms with Gasteiger partial charge in [0, 0.05) is 6.07 Å². The Morgan fingerprint density at radius 3 is 2.65 bits per heavy atom. The highest BCUT2D eigenvalue weighted by Gasteiger charge is 2.33. The maximum atomic E-state index is 13.5. The lowest BCUT2D eigenvalue weighted by atomic mass is 10.2. The molecule has 124 valence electrons. The van der Waals surface area contributed by atoms with Crippen molar-refractivity contribution in [2.24, 2.45) is 0 Å². The van der Waals surface area contributed by atoms with Crippen LogP contribution in [-0.2, 0) is 11.3 Å². The van der Waals surface area contributed by atoms with Crippen LogP contribution in [0.15, 0.2) is 44.3 Å². The summed E-state index contributed by atoms with van der Waals surface area (Å²) in [6.45, 7) is 4.33. The van der Waals surface area contributed by atoms with Crippen molar-refractivity contribution in [2.45, 2.75) is 26.5 Å². The fraction of sp³-hybridized carbons (Fsp3) is 0.333. The summed E-state index contributed by atoms with van der Waals surface area (Å²) in [5.74, 6) is -0.467. The summed E-state index contributed by atoms with van der Waals surface area (Å²) >= 11 is 3.05. The van der Waals surface area contributed by atoms with Crippen molar-refractivity contribution in [3.8, 4) is 0 Å². The number of hydrogen-bond donors (Lipinski definition) is 0. The maximum absolute atomic E-state index is 13.5. The van der Waals surface area contributed by atoms with Gasteiger partial charge in [0.15, 0.2) is 0 Å². The Morgan fingerprint density at radius 2 is 2.04 bits per heavy atom. The highest BCUT2D eigenvalue weighted by Crippen LogP contribution is 2.26. The zero-order valence-electron chi connectivity index (χ0n) is 12.7. The normalized spacial score (nSPS) is 16.8. The lowest BCUT2D eigenvalue weighted by molar-refractivity contribution is 0.107. The number of ether oxygens (including phenoxy) is 1. The molecule has 1 aromatic heterocycles. The average Bonchev–Trinajstić information content (AvgIpc) is 3.11. The van der Waals surface area contributed by atoms with E-state index in [1.165, 1.54) is 29.4 Å². The fourth-order valence-electron chi connectivity index (χ4n) is 2.10. The third-order valence-electron chi connectivity index (χ3n) is 3.10. The van der Waals surface area contributed by atoms with Crippen LogP contribution in [0.1, 0.15) is 13.8 Å². The van der Waals surface area contributed by atoms with E-state index in [-0.39, 0.29) is 18.6 Å². The molecule has 1 aromatic carbocycles. The van der Waals surface area contributed by atoms with Gasteiger partial charge in [0.05, 0.1) is 23.2 Å². The third-order valence-corrected chi connectivity index (χ3v) is 3.75. The van der Waals surface area contributed by atoms with Crippen molar-refractivity contribution in [2.75, 3.05) is 11.4 Å². The smallest absolute Gasteiger partial charge is 0.414 e. The van der Waals surface area contributed by atoms with E-state index < -0.39 is 18.0 Å². The summed E-state index contributed by atoms with van der Waals surface area (Å²) in [5, 5.41) is 0. The van der Waals surface area contributed by atoms with Crippen LogP contribution in [0.5, 0.6) is 0 Å². The second-order valence-corrected chi connectivity index (χ2v) is 5.38.